The Bertz CT molecular complexity index is 1320. The Morgan fingerprint density at radius 3 is 2.35 bits per heavy atom. The van der Waals surface area contributed by atoms with Crippen LogP contribution in [0.5, 0.6) is 17.2 Å². The molecule has 0 radical (unpaired) electrons. The van der Waals surface area contributed by atoms with E-state index in [9.17, 15) is 10.1 Å². The first kappa shape index (κ1) is 23.1. The Morgan fingerprint density at radius 2 is 1.68 bits per heavy atom. The topological polar surface area (TPSA) is 109 Å². The normalized spacial score (nSPS) is 10.7. The van der Waals surface area contributed by atoms with Crippen LogP contribution in [0.25, 0.3) is 10.9 Å². The molecular formula is C24H22N4O5S. The van der Waals surface area contributed by atoms with Crippen LogP contribution in [0.3, 0.4) is 0 Å². The van der Waals surface area contributed by atoms with Gasteiger partial charge in [-0.05, 0) is 17.7 Å². The fourth-order valence-corrected chi connectivity index (χ4v) is 4.21. The number of nitrogens with zero attached hydrogens (tertiary/aromatic N) is 3. The summed E-state index contributed by atoms with van der Waals surface area (Å²) in [6.07, 6.45) is 0. The zero-order valence-corrected chi connectivity index (χ0v) is 19.6. The van der Waals surface area contributed by atoms with Gasteiger partial charge in [-0.2, -0.15) is 0 Å². The van der Waals surface area contributed by atoms with Crippen LogP contribution in [0, 0.1) is 10.1 Å². The molecule has 3 aromatic carbocycles. The van der Waals surface area contributed by atoms with Gasteiger partial charge in [-0.3, -0.25) is 10.1 Å². The summed E-state index contributed by atoms with van der Waals surface area (Å²) in [7, 11) is 4.67. The van der Waals surface area contributed by atoms with Crippen LogP contribution in [-0.4, -0.2) is 36.2 Å². The summed E-state index contributed by atoms with van der Waals surface area (Å²) in [5.41, 5.74) is 2.35. The average Bonchev–Trinajstić information content (AvgIpc) is 2.87. The summed E-state index contributed by atoms with van der Waals surface area (Å²) < 4.78 is 16.3. The smallest absolute Gasteiger partial charge is 0.269 e. The number of benzene rings is 3. The van der Waals surface area contributed by atoms with Crippen molar-refractivity contribution in [3.05, 3.63) is 76.3 Å². The summed E-state index contributed by atoms with van der Waals surface area (Å²) in [5.74, 6) is 2.63. The number of hydrogen-bond donors (Lipinski definition) is 1. The van der Waals surface area contributed by atoms with Crippen molar-refractivity contribution in [3.8, 4) is 17.2 Å². The van der Waals surface area contributed by atoms with E-state index in [-0.39, 0.29) is 5.69 Å². The minimum atomic E-state index is -0.403. The number of anilines is 2. The Hall–Kier alpha value is -4.05. The van der Waals surface area contributed by atoms with Crippen LogP contribution in [0.1, 0.15) is 5.56 Å². The number of ether oxygens (including phenoxy) is 3. The van der Waals surface area contributed by atoms with Crippen LogP contribution >= 0.6 is 11.8 Å². The van der Waals surface area contributed by atoms with Gasteiger partial charge >= 0.3 is 0 Å². The van der Waals surface area contributed by atoms with Crippen LogP contribution < -0.4 is 19.5 Å². The number of hydrogen-bond acceptors (Lipinski definition) is 9. The van der Waals surface area contributed by atoms with Crippen molar-refractivity contribution >= 4 is 39.9 Å². The van der Waals surface area contributed by atoms with Gasteiger partial charge in [0, 0.05) is 41.1 Å². The number of methoxy groups -OCH3 is 3. The Kier molecular flexibility index (Phi) is 6.98. The van der Waals surface area contributed by atoms with Crippen molar-refractivity contribution in [2.45, 2.75) is 10.9 Å². The quantitative estimate of drug-likeness (QED) is 0.142. The molecule has 0 aliphatic heterocycles. The monoisotopic (exact) mass is 478 g/mol. The van der Waals surface area contributed by atoms with Gasteiger partial charge in [0.15, 0.2) is 16.7 Å². The summed E-state index contributed by atoms with van der Waals surface area (Å²) in [6, 6.07) is 17.8. The molecule has 4 aromatic rings. The molecular weight excluding hydrogens is 456 g/mol. The van der Waals surface area contributed by atoms with Gasteiger partial charge in [-0.1, -0.05) is 36.0 Å². The zero-order chi connectivity index (χ0) is 24.1. The number of thioether (sulfide) groups is 1. The Morgan fingerprint density at radius 1 is 0.941 bits per heavy atom. The van der Waals surface area contributed by atoms with Gasteiger partial charge in [0.05, 0.1) is 31.8 Å². The highest BCUT2D eigenvalue weighted by molar-refractivity contribution is 7.98. The maximum absolute atomic E-state index is 11.1. The van der Waals surface area contributed by atoms with Crippen LogP contribution in [-0.2, 0) is 5.75 Å². The number of rotatable bonds is 9. The molecule has 174 valence electrons. The summed E-state index contributed by atoms with van der Waals surface area (Å²) in [6.45, 7) is 0. The number of para-hydroxylation sites is 1. The van der Waals surface area contributed by atoms with E-state index in [0.29, 0.717) is 39.7 Å². The minimum Gasteiger partial charge on any atom is -0.493 e. The lowest BCUT2D eigenvalue weighted by molar-refractivity contribution is -0.384. The number of non-ortho nitro benzene ring substituents is 1. The van der Waals surface area contributed by atoms with Gasteiger partial charge in [0.1, 0.15) is 5.82 Å². The van der Waals surface area contributed by atoms with Gasteiger partial charge in [0.25, 0.3) is 5.69 Å². The standard InChI is InChI=1S/C24H22N4O5S/c1-31-20-12-16(13-21(32-2)22(20)33-3)25-23-18-9-4-5-10-19(18)26-24(27-23)34-14-15-7-6-8-17(11-15)28(29)30/h4-13H,14H2,1-3H3,(H,25,26,27). The van der Waals surface area contributed by atoms with E-state index in [4.69, 9.17) is 19.2 Å². The fraction of sp³-hybridized carbons (Fsp3) is 0.167. The summed E-state index contributed by atoms with van der Waals surface area (Å²) in [4.78, 5) is 20.0. The Labute approximate surface area is 200 Å². The second kappa shape index (κ2) is 10.3. The second-order valence-corrected chi connectivity index (χ2v) is 8.07. The molecule has 0 saturated carbocycles. The third-order valence-electron chi connectivity index (χ3n) is 5.00. The molecule has 0 unspecified atom stereocenters. The number of nitro groups is 1. The molecule has 1 N–H and O–H groups in total. The van der Waals surface area contributed by atoms with Crippen molar-refractivity contribution in [2.24, 2.45) is 0 Å². The molecule has 4 rings (SSSR count). The molecule has 0 amide bonds. The van der Waals surface area contributed by atoms with E-state index in [0.717, 1.165) is 16.5 Å². The van der Waals surface area contributed by atoms with Crippen LogP contribution in [0.15, 0.2) is 65.8 Å². The molecule has 1 aromatic heterocycles. The first-order valence-corrected chi connectivity index (χ1v) is 11.2. The summed E-state index contributed by atoms with van der Waals surface area (Å²) in [5, 5.41) is 15.8. The van der Waals surface area contributed by atoms with Crippen LogP contribution in [0.2, 0.25) is 0 Å². The van der Waals surface area contributed by atoms with E-state index in [1.165, 1.54) is 17.8 Å². The SMILES string of the molecule is COc1cc(Nc2nc(SCc3cccc([N+](=O)[O-])c3)nc3ccccc23)cc(OC)c1OC. The van der Waals surface area contributed by atoms with E-state index < -0.39 is 4.92 Å². The summed E-state index contributed by atoms with van der Waals surface area (Å²) >= 11 is 1.40. The first-order chi connectivity index (χ1) is 16.5. The number of fused-ring (bicyclic) bond motifs is 1. The number of nitrogens with one attached hydrogen (secondary N) is 1. The molecule has 1 heterocycles. The van der Waals surface area contributed by atoms with Crippen molar-refractivity contribution in [2.75, 3.05) is 26.6 Å². The molecule has 0 aliphatic carbocycles. The predicted octanol–water partition coefficient (Wildman–Crippen LogP) is 5.60. The van der Waals surface area contributed by atoms with Gasteiger partial charge in [0.2, 0.25) is 5.75 Å². The molecule has 0 fully saturated rings. The molecule has 34 heavy (non-hydrogen) atoms. The fourth-order valence-electron chi connectivity index (χ4n) is 3.41. The van der Waals surface area contributed by atoms with Crippen molar-refractivity contribution in [1.82, 2.24) is 9.97 Å². The highest BCUT2D eigenvalue weighted by atomic mass is 32.2. The molecule has 9 nitrogen and oxygen atoms in total. The molecule has 0 saturated heterocycles. The van der Waals surface area contributed by atoms with Crippen LogP contribution in [0.4, 0.5) is 17.2 Å². The lowest BCUT2D eigenvalue weighted by atomic mass is 10.2. The lowest BCUT2D eigenvalue weighted by Crippen LogP contribution is -2.01. The highest BCUT2D eigenvalue weighted by Crippen LogP contribution is 2.41. The van der Waals surface area contributed by atoms with Crippen molar-refractivity contribution < 1.29 is 19.1 Å². The lowest BCUT2D eigenvalue weighted by Gasteiger charge is -2.16. The molecule has 0 aliphatic rings. The molecule has 10 heteroatoms. The first-order valence-electron chi connectivity index (χ1n) is 10.2. The second-order valence-electron chi connectivity index (χ2n) is 7.13. The number of nitro benzene ring substituents is 1. The largest absolute Gasteiger partial charge is 0.493 e. The van der Waals surface area contributed by atoms with Crippen molar-refractivity contribution in [1.29, 1.82) is 0 Å². The average molecular weight is 479 g/mol. The molecule has 0 bridgehead atoms. The zero-order valence-electron chi connectivity index (χ0n) is 18.8. The maximum atomic E-state index is 11.1. The van der Waals surface area contributed by atoms with E-state index in [2.05, 4.69) is 10.3 Å². The van der Waals surface area contributed by atoms with E-state index >= 15 is 0 Å². The number of aromatic nitrogens is 2. The molecule has 0 spiro atoms. The molecule has 0 atom stereocenters. The van der Waals surface area contributed by atoms with Gasteiger partial charge in [-0.15, -0.1) is 0 Å². The van der Waals surface area contributed by atoms with E-state index in [1.807, 2.05) is 30.3 Å². The Balaban J connectivity index is 1.67. The van der Waals surface area contributed by atoms with Gasteiger partial charge in [-0.25, -0.2) is 9.97 Å². The highest BCUT2D eigenvalue weighted by Gasteiger charge is 2.15. The van der Waals surface area contributed by atoms with Crippen molar-refractivity contribution in [3.63, 3.8) is 0 Å². The van der Waals surface area contributed by atoms with Gasteiger partial charge < -0.3 is 19.5 Å². The maximum Gasteiger partial charge on any atom is 0.269 e. The third kappa shape index (κ3) is 4.96. The third-order valence-corrected chi connectivity index (χ3v) is 5.92. The van der Waals surface area contributed by atoms with E-state index in [1.54, 1.807) is 45.6 Å². The predicted molar refractivity (Wildman–Crippen MR) is 132 cm³/mol. The minimum absolute atomic E-state index is 0.0577.